The molecule has 6 heteroatoms. The number of methoxy groups -OCH3 is 2. The molecule has 32 heavy (non-hydrogen) atoms. The van der Waals surface area contributed by atoms with Crippen molar-refractivity contribution in [3.63, 3.8) is 0 Å². The second kappa shape index (κ2) is 9.06. The molecule has 0 bridgehead atoms. The molecule has 2 amide bonds. The minimum Gasteiger partial charge on any atom is -0.496 e. The Labute approximate surface area is 186 Å². The number of imide groups is 1. The van der Waals surface area contributed by atoms with Gasteiger partial charge in [0.1, 0.15) is 5.75 Å². The van der Waals surface area contributed by atoms with Gasteiger partial charge in [-0.15, -0.1) is 0 Å². The van der Waals surface area contributed by atoms with Gasteiger partial charge in [0.2, 0.25) is 5.90 Å². The van der Waals surface area contributed by atoms with Crippen molar-refractivity contribution in [3.05, 3.63) is 100 Å². The van der Waals surface area contributed by atoms with Gasteiger partial charge in [-0.3, -0.25) is 19.9 Å². The molecule has 0 saturated heterocycles. The van der Waals surface area contributed by atoms with E-state index in [0.29, 0.717) is 16.7 Å². The van der Waals surface area contributed by atoms with E-state index in [1.807, 2.05) is 42.5 Å². The summed E-state index contributed by atoms with van der Waals surface area (Å²) < 4.78 is 10.5. The Morgan fingerprint density at radius 1 is 0.844 bits per heavy atom. The number of ether oxygens (including phenoxy) is 2. The third-order valence-electron chi connectivity index (χ3n) is 5.67. The Morgan fingerprint density at radius 3 is 2.06 bits per heavy atom. The molecule has 6 nitrogen and oxygen atoms in total. The van der Waals surface area contributed by atoms with Crippen molar-refractivity contribution >= 4 is 17.7 Å². The molecule has 0 saturated carbocycles. The molecule has 3 aromatic carbocycles. The fourth-order valence-electron chi connectivity index (χ4n) is 3.89. The van der Waals surface area contributed by atoms with Crippen LogP contribution in [0.5, 0.6) is 5.75 Å². The summed E-state index contributed by atoms with van der Waals surface area (Å²) in [6.07, 6.45) is 1.53. The minimum atomic E-state index is -0.247. The minimum absolute atomic E-state index is 0.117. The lowest BCUT2D eigenvalue weighted by atomic mass is 10.0. The van der Waals surface area contributed by atoms with Gasteiger partial charge in [0.25, 0.3) is 11.8 Å². The van der Waals surface area contributed by atoms with E-state index in [9.17, 15) is 9.59 Å². The van der Waals surface area contributed by atoms with Crippen LogP contribution in [0.1, 0.15) is 43.0 Å². The number of hydrogen-bond acceptors (Lipinski definition) is 5. The van der Waals surface area contributed by atoms with Crippen LogP contribution in [0.15, 0.2) is 66.7 Å². The average molecular weight is 428 g/mol. The first-order chi connectivity index (χ1) is 15.5. The van der Waals surface area contributed by atoms with Crippen molar-refractivity contribution in [2.75, 3.05) is 14.2 Å². The number of carbonyl (C=O) groups excluding carboxylic acids is 2. The highest BCUT2D eigenvalue weighted by atomic mass is 16.5. The maximum atomic E-state index is 12.6. The van der Waals surface area contributed by atoms with Crippen LogP contribution in [0.2, 0.25) is 0 Å². The predicted octanol–water partition coefficient (Wildman–Crippen LogP) is 4.25. The fourth-order valence-corrected chi connectivity index (χ4v) is 3.89. The highest BCUT2D eigenvalue weighted by molar-refractivity contribution is 6.21. The van der Waals surface area contributed by atoms with Gasteiger partial charge >= 0.3 is 0 Å². The van der Waals surface area contributed by atoms with Crippen LogP contribution >= 0.6 is 0 Å². The molecule has 1 heterocycles. The Morgan fingerprint density at radius 2 is 1.47 bits per heavy atom. The van der Waals surface area contributed by atoms with E-state index in [1.54, 1.807) is 31.4 Å². The molecule has 3 aromatic rings. The molecule has 0 aromatic heterocycles. The highest BCUT2D eigenvalue weighted by Gasteiger charge is 2.34. The lowest BCUT2D eigenvalue weighted by molar-refractivity contribution is 0.0642. The third-order valence-corrected chi connectivity index (χ3v) is 5.67. The Hall–Kier alpha value is -3.93. The van der Waals surface area contributed by atoms with Crippen LogP contribution in [0.4, 0.5) is 0 Å². The van der Waals surface area contributed by atoms with Crippen molar-refractivity contribution in [1.29, 1.82) is 5.41 Å². The molecule has 1 N–H and O–H groups in total. The molecule has 0 spiro atoms. The molecule has 162 valence electrons. The molecule has 1 aliphatic heterocycles. The second-order valence-corrected chi connectivity index (χ2v) is 7.62. The van der Waals surface area contributed by atoms with Crippen molar-refractivity contribution in [2.24, 2.45) is 0 Å². The number of carbonyl (C=O) groups is 2. The molecular formula is C26H24N2O4. The topological polar surface area (TPSA) is 79.7 Å². The van der Waals surface area contributed by atoms with Crippen LogP contribution in [0, 0.1) is 5.41 Å². The predicted molar refractivity (Wildman–Crippen MR) is 121 cm³/mol. The van der Waals surface area contributed by atoms with Crippen LogP contribution < -0.4 is 4.74 Å². The van der Waals surface area contributed by atoms with Crippen LogP contribution in [0.25, 0.3) is 0 Å². The van der Waals surface area contributed by atoms with Gasteiger partial charge in [-0.1, -0.05) is 36.4 Å². The largest absolute Gasteiger partial charge is 0.496 e. The van der Waals surface area contributed by atoms with Crippen molar-refractivity contribution in [2.45, 2.75) is 19.4 Å². The normalized spacial score (nSPS) is 12.6. The number of amides is 2. The van der Waals surface area contributed by atoms with Crippen LogP contribution in [-0.4, -0.2) is 36.8 Å². The Bertz CT molecular complexity index is 1150. The maximum absolute atomic E-state index is 12.6. The summed E-state index contributed by atoms with van der Waals surface area (Å²) in [6, 6.07) is 20.4. The summed E-state index contributed by atoms with van der Waals surface area (Å²) in [5, 5.41) is 7.87. The molecule has 0 unspecified atom stereocenters. The number of nitrogens with zero attached hydrogens (tertiary/aromatic N) is 1. The molecule has 0 fully saturated rings. The molecule has 1 aliphatic rings. The number of rotatable bonds is 7. The lowest BCUT2D eigenvalue weighted by Crippen LogP contribution is -2.29. The van der Waals surface area contributed by atoms with Crippen LogP contribution in [0.3, 0.4) is 0 Å². The quantitative estimate of drug-likeness (QED) is 0.347. The number of fused-ring (bicyclic) bond motifs is 1. The fraction of sp³-hybridized carbons (Fsp3) is 0.192. The lowest BCUT2D eigenvalue weighted by Gasteiger charge is -2.14. The van der Waals surface area contributed by atoms with Crippen molar-refractivity contribution in [1.82, 2.24) is 4.90 Å². The van der Waals surface area contributed by atoms with Gasteiger partial charge in [-0.05, 0) is 59.9 Å². The van der Waals surface area contributed by atoms with Gasteiger partial charge < -0.3 is 9.47 Å². The Balaban J connectivity index is 1.43. The van der Waals surface area contributed by atoms with Crippen LogP contribution in [-0.2, 0) is 24.1 Å². The number of benzene rings is 3. The summed E-state index contributed by atoms with van der Waals surface area (Å²) in [6.45, 7) is 0.252. The third kappa shape index (κ3) is 4.12. The van der Waals surface area contributed by atoms with Gasteiger partial charge in [0.15, 0.2) is 0 Å². The zero-order valence-corrected chi connectivity index (χ0v) is 18.1. The van der Waals surface area contributed by atoms with E-state index in [0.717, 1.165) is 35.3 Å². The van der Waals surface area contributed by atoms with E-state index < -0.39 is 0 Å². The van der Waals surface area contributed by atoms with Gasteiger partial charge in [0, 0.05) is 5.56 Å². The van der Waals surface area contributed by atoms with E-state index in [4.69, 9.17) is 14.9 Å². The first-order valence-electron chi connectivity index (χ1n) is 10.3. The SMILES string of the molecule is COC(=N)c1ccc(OC)c(CCc2ccc(CN3C(=O)c4ccccc4C3=O)cc2)c1. The summed E-state index contributed by atoms with van der Waals surface area (Å²) in [5.74, 6) is 0.401. The number of aryl methyl sites for hydroxylation is 2. The zero-order chi connectivity index (χ0) is 22.7. The van der Waals surface area contributed by atoms with Gasteiger partial charge in [0.05, 0.1) is 31.9 Å². The van der Waals surface area contributed by atoms with E-state index in [2.05, 4.69) is 0 Å². The maximum Gasteiger partial charge on any atom is 0.261 e. The Kier molecular flexibility index (Phi) is 6.03. The number of nitrogens with one attached hydrogen (secondary N) is 1. The smallest absolute Gasteiger partial charge is 0.261 e. The van der Waals surface area contributed by atoms with Crippen molar-refractivity contribution < 1.29 is 19.1 Å². The monoisotopic (exact) mass is 428 g/mol. The second-order valence-electron chi connectivity index (χ2n) is 7.62. The molecule has 0 aliphatic carbocycles. The summed E-state index contributed by atoms with van der Waals surface area (Å²) >= 11 is 0. The zero-order valence-electron chi connectivity index (χ0n) is 18.1. The number of hydrogen-bond donors (Lipinski definition) is 1. The molecular weight excluding hydrogens is 404 g/mol. The van der Waals surface area contributed by atoms with E-state index >= 15 is 0 Å². The van der Waals surface area contributed by atoms with E-state index in [1.165, 1.54) is 12.0 Å². The molecule has 0 radical (unpaired) electrons. The first kappa shape index (κ1) is 21.3. The standard InChI is InChI=1S/C26H24N2O4/c1-31-23-14-13-20(24(27)32-2)15-19(23)12-11-17-7-9-18(10-8-17)16-28-25(29)21-5-3-4-6-22(21)26(28)30/h3-10,13-15,27H,11-12,16H2,1-2H3. The summed E-state index contributed by atoms with van der Waals surface area (Å²) in [5.41, 5.74) is 4.67. The first-order valence-corrected chi connectivity index (χ1v) is 10.3. The highest BCUT2D eigenvalue weighted by Crippen LogP contribution is 2.25. The summed E-state index contributed by atoms with van der Waals surface area (Å²) in [4.78, 5) is 26.4. The molecule has 4 rings (SSSR count). The van der Waals surface area contributed by atoms with Gasteiger partial charge in [-0.25, -0.2) is 0 Å². The summed E-state index contributed by atoms with van der Waals surface area (Å²) in [7, 11) is 3.12. The average Bonchev–Trinajstić information content (AvgIpc) is 3.07. The van der Waals surface area contributed by atoms with E-state index in [-0.39, 0.29) is 24.3 Å². The van der Waals surface area contributed by atoms with Crippen molar-refractivity contribution in [3.8, 4) is 5.75 Å². The molecule has 0 atom stereocenters. The van der Waals surface area contributed by atoms with Gasteiger partial charge in [-0.2, -0.15) is 0 Å².